The van der Waals surface area contributed by atoms with Gasteiger partial charge in [-0.25, -0.2) is 27.0 Å². The van der Waals surface area contributed by atoms with Crippen molar-refractivity contribution in [1.29, 1.82) is 0 Å². The first kappa shape index (κ1) is 27.5. The van der Waals surface area contributed by atoms with Crippen molar-refractivity contribution in [2.45, 2.75) is 80.6 Å². The third kappa shape index (κ3) is 6.41. The lowest BCUT2D eigenvalue weighted by Gasteiger charge is -2.28. The summed E-state index contributed by atoms with van der Waals surface area (Å²) in [6.45, 7) is 3.63. The van der Waals surface area contributed by atoms with Gasteiger partial charge in [0.1, 0.15) is 11.6 Å². The van der Waals surface area contributed by atoms with Gasteiger partial charge in [-0.3, -0.25) is 0 Å². The first-order chi connectivity index (χ1) is 18.6. The number of nitrogens with zero attached hydrogens (tertiary/aromatic N) is 1. The number of sulfone groups is 1. The highest BCUT2D eigenvalue weighted by Gasteiger charge is 2.39. The average Bonchev–Trinajstić information content (AvgIpc) is 3.64. The van der Waals surface area contributed by atoms with E-state index < -0.39 is 32.8 Å². The van der Waals surface area contributed by atoms with E-state index in [4.69, 9.17) is 4.74 Å². The number of carbonyl (C=O) groups excluding carboxylic acids is 1. The number of nitrogens with one attached hydrogen (secondary N) is 2. The fraction of sp³-hybridized carbons (Fsp3) is 0.429. The SMILES string of the molecule is CC(C)OC(=O)NC1CCC(c2ncc(-c3ccc(Nc4ccc(F)cc4F)cc3S(=O)(=O)C3CC3)s2)CC1. The third-order valence-electron chi connectivity index (χ3n) is 6.99. The lowest BCUT2D eigenvalue weighted by molar-refractivity contribution is 0.109. The van der Waals surface area contributed by atoms with Crippen molar-refractivity contribution in [3.8, 4) is 10.4 Å². The Labute approximate surface area is 230 Å². The van der Waals surface area contributed by atoms with Gasteiger partial charge in [0.15, 0.2) is 9.84 Å². The van der Waals surface area contributed by atoms with E-state index in [0.717, 1.165) is 47.7 Å². The van der Waals surface area contributed by atoms with Gasteiger partial charge in [-0.1, -0.05) is 6.07 Å². The summed E-state index contributed by atoms with van der Waals surface area (Å²) >= 11 is 1.48. The number of anilines is 2. The van der Waals surface area contributed by atoms with Crippen LogP contribution in [-0.4, -0.2) is 36.9 Å². The minimum atomic E-state index is -3.59. The lowest BCUT2D eigenvalue weighted by Crippen LogP contribution is -2.38. The molecule has 0 bridgehead atoms. The van der Waals surface area contributed by atoms with Crippen molar-refractivity contribution in [1.82, 2.24) is 10.3 Å². The normalized spacial score (nSPS) is 19.6. The van der Waals surface area contributed by atoms with E-state index in [1.165, 1.54) is 23.5 Å². The molecule has 0 aliphatic heterocycles. The summed E-state index contributed by atoms with van der Waals surface area (Å²) < 4.78 is 59.5. The summed E-state index contributed by atoms with van der Waals surface area (Å²) in [5.74, 6) is -1.22. The number of rotatable bonds is 8. The second-order valence-electron chi connectivity index (χ2n) is 10.4. The van der Waals surface area contributed by atoms with Gasteiger partial charge in [0.25, 0.3) is 0 Å². The van der Waals surface area contributed by atoms with Crippen molar-refractivity contribution >= 4 is 38.6 Å². The van der Waals surface area contributed by atoms with Crippen LogP contribution in [0.5, 0.6) is 0 Å². The predicted molar refractivity (Wildman–Crippen MR) is 147 cm³/mol. The second-order valence-corrected chi connectivity index (χ2v) is 13.7. The van der Waals surface area contributed by atoms with Crippen LogP contribution in [0.3, 0.4) is 0 Å². The molecule has 7 nitrogen and oxygen atoms in total. The van der Waals surface area contributed by atoms with Crippen molar-refractivity contribution in [2.75, 3.05) is 5.32 Å². The zero-order valence-corrected chi connectivity index (χ0v) is 23.4. The molecule has 0 spiro atoms. The topological polar surface area (TPSA) is 97.4 Å². The number of benzene rings is 2. The Kier molecular flexibility index (Phi) is 7.91. The molecule has 2 fully saturated rings. The molecule has 2 aliphatic carbocycles. The van der Waals surface area contributed by atoms with Crippen LogP contribution in [0.15, 0.2) is 47.5 Å². The Bertz CT molecular complexity index is 1460. The molecule has 208 valence electrons. The van der Waals surface area contributed by atoms with Crippen molar-refractivity contribution < 1.29 is 26.7 Å². The molecule has 0 radical (unpaired) electrons. The van der Waals surface area contributed by atoms with Gasteiger partial charge in [0, 0.05) is 35.5 Å². The molecule has 1 heterocycles. The van der Waals surface area contributed by atoms with Crippen LogP contribution in [0, 0.1) is 11.6 Å². The molecule has 1 aromatic heterocycles. The number of aromatic nitrogens is 1. The van der Waals surface area contributed by atoms with Crippen molar-refractivity contribution in [2.24, 2.45) is 0 Å². The van der Waals surface area contributed by atoms with Gasteiger partial charge in [-0.2, -0.15) is 0 Å². The van der Waals surface area contributed by atoms with Crippen LogP contribution in [0.25, 0.3) is 10.4 Å². The zero-order valence-electron chi connectivity index (χ0n) is 21.7. The monoisotopic (exact) mass is 575 g/mol. The Hall–Kier alpha value is -3.05. The number of thiazole rings is 1. The number of halogens is 2. The van der Waals surface area contributed by atoms with Gasteiger partial charge >= 0.3 is 6.09 Å². The number of carbonyl (C=O) groups is 1. The van der Waals surface area contributed by atoms with Crippen molar-refractivity contribution in [3.63, 3.8) is 0 Å². The first-order valence-corrected chi connectivity index (χ1v) is 15.5. The number of hydrogen-bond acceptors (Lipinski definition) is 7. The molecule has 2 aromatic carbocycles. The minimum Gasteiger partial charge on any atom is -0.447 e. The smallest absolute Gasteiger partial charge is 0.407 e. The standard InChI is InChI=1S/C28H31F2N3O4S2/c1-16(2)37-28(34)33-19-6-3-17(4-7-19)27-31-15-25(38-27)22-11-8-20(14-26(22)39(35,36)21-9-10-21)32-24-12-5-18(29)13-23(24)30/h5,8,11-17,19,21,32H,3-4,6-7,9-10H2,1-2H3,(H,33,34). The summed E-state index contributed by atoms with van der Waals surface area (Å²) in [7, 11) is -3.59. The highest BCUT2D eigenvalue weighted by Crippen LogP contribution is 2.43. The minimum absolute atomic E-state index is 0.0570. The molecule has 2 saturated carbocycles. The number of alkyl carbamates (subject to hydrolysis) is 1. The van der Waals surface area contributed by atoms with E-state index >= 15 is 0 Å². The van der Waals surface area contributed by atoms with Gasteiger partial charge in [0.2, 0.25) is 0 Å². The molecule has 0 unspecified atom stereocenters. The van der Waals surface area contributed by atoms with Crippen LogP contribution < -0.4 is 10.6 Å². The summed E-state index contributed by atoms with van der Waals surface area (Å²) in [6.07, 6.45) is 5.73. The van der Waals surface area contributed by atoms with Gasteiger partial charge in [0.05, 0.1) is 31.8 Å². The van der Waals surface area contributed by atoms with Gasteiger partial charge in [-0.05, 0) is 76.6 Å². The fourth-order valence-electron chi connectivity index (χ4n) is 4.84. The summed E-state index contributed by atoms with van der Waals surface area (Å²) in [6, 6.07) is 8.19. The maximum atomic E-state index is 14.2. The van der Waals surface area contributed by atoms with E-state index in [0.29, 0.717) is 24.1 Å². The van der Waals surface area contributed by atoms with Gasteiger partial charge < -0.3 is 15.4 Å². The molecule has 0 saturated heterocycles. The maximum absolute atomic E-state index is 14.2. The average molecular weight is 576 g/mol. The number of hydrogen-bond donors (Lipinski definition) is 2. The first-order valence-electron chi connectivity index (χ1n) is 13.1. The highest BCUT2D eigenvalue weighted by atomic mass is 32.2. The zero-order chi connectivity index (χ0) is 27.7. The third-order valence-corrected chi connectivity index (χ3v) is 10.5. The summed E-state index contributed by atoms with van der Waals surface area (Å²) in [5, 5.41) is 6.33. The molecule has 2 aliphatic rings. The van der Waals surface area contributed by atoms with E-state index in [9.17, 15) is 22.0 Å². The van der Waals surface area contributed by atoms with Crippen LogP contribution >= 0.6 is 11.3 Å². The molecule has 2 N–H and O–H groups in total. The molecule has 0 atom stereocenters. The Morgan fingerprint density at radius 3 is 2.46 bits per heavy atom. The molecule has 3 aromatic rings. The van der Waals surface area contributed by atoms with Crippen molar-refractivity contribution in [3.05, 3.63) is 59.2 Å². The van der Waals surface area contributed by atoms with Crippen LogP contribution in [0.2, 0.25) is 0 Å². The molecule has 5 rings (SSSR count). The van der Waals surface area contributed by atoms with E-state index in [-0.39, 0.29) is 28.6 Å². The fourth-order valence-corrected chi connectivity index (χ4v) is 7.93. The molecular weight excluding hydrogens is 544 g/mol. The quantitative estimate of drug-likeness (QED) is 0.302. The lowest BCUT2D eigenvalue weighted by atomic mass is 9.86. The van der Waals surface area contributed by atoms with E-state index in [1.54, 1.807) is 18.3 Å². The van der Waals surface area contributed by atoms with Gasteiger partial charge in [-0.15, -0.1) is 11.3 Å². The second kappa shape index (κ2) is 11.2. The van der Waals surface area contributed by atoms with Crippen LogP contribution in [0.4, 0.5) is 25.0 Å². The van der Waals surface area contributed by atoms with E-state index in [1.807, 2.05) is 13.8 Å². The molecule has 1 amide bonds. The Morgan fingerprint density at radius 1 is 1.05 bits per heavy atom. The van der Waals surface area contributed by atoms with E-state index in [2.05, 4.69) is 15.6 Å². The molecular formula is C28H31F2N3O4S2. The number of ether oxygens (including phenoxy) is 1. The largest absolute Gasteiger partial charge is 0.447 e. The highest BCUT2D eigenvalue weighted by molar-refractivity contribution is 7.92. The summed E-state index contributed by atoms with van der Waals surface area (Å²) in [4.78, 5) is 17.5. The molecule has 39 heavy (non-hydrogen) atoms. The Balaban J connectivity index is 1.35. The Morgan fingerprint density at radius 2 is 1.79 bits per heavy atom. The summed E-state index contributed by atoms with van der Waals surface area (Å²) in [5.41, 5.74) is 1.03. The van der Waals surface area contributed by atoms with Crippen LogP contribution in [0.1, 0.15) is 63.3 Å². The predicted octanol–water partition coefficient (Wildman–Crippen LogP) is 6.93. The molecule has 11 heteroatoms. The van der Waals surface area contributed by atoms with Crippen LogP contribution in [-0.2, 0) is 14.6 Å². The maximum Gasteiger partial charge on any atom is 0.407 e. The number of amides is 1.